The summed E-state index contributed by atoms with van der Waals surface area (Å²) in [6.07, 6.45) is 1.70. The number of fused-ring (bicyclic) bond motifs is 3. The van der Waals surface area contributed by atoms with Gasteiger partial charge in [0.05, 0.1) is 32.4 Å². The van der Waals surface area contributed by atoms with Crippen molar-refractivity contribution in [2.45, 2.75) is 12.6 Å². The molecule has 1 fully saturated rings. The highest BCUT2D eigenvalue weighted by molar-refractivity contribution is 9.10. The Morgan fingerprint density at radius 2 is 2.19 bits per heavy atom. The van der Waals surface area contributed by atoms with E-state index in [0.29, 0.717) is 18.1 Å². The number of benzene rings is 1. The molecule has 0 aliphatic carbocycles. The van der Waals surface area contributed by atoms with E-state index in [0.717, 1.165) is 48.6 Å². The number of imidazole rings is 1. The first-order valence-corrected chi connectivity index (χ1v) is 9.35. The van der Waals surface area contributed by atoms with E-state index in [1.807, 2.05) is 22.8 Å². The Hall–Kier alpha value is -1.90. The lowest BCUT2D eigenvalue weighted by atomic mass is 10.2. The third-order valence-electron chi connectivity index (χ3n) is 4.61. The maximum absolute atomic E-state index is 11.9. The van der Waals surface area contributed by atoms with Gasteiger partial charge >= 0.3 is 5.97 Å². The zero-order chi connectivity index (χ0) is 18.1. The summed E-state index contributed by atoms with van der Waals surface area (Å²) in [6, 6.07) is 5.85. The van der Waals surface area contributed by atoms with Gasteiger partial charge in [-0.1, -0.05) is 15.9 Å². The quantitative estimate of drug-likeness (QED) is 0.707. The zero-order valence-corrected chi connectivity index (χ0v) is 16.1. The van der Waals surface area contributed by atoms with Crippen molar-refractivity contribution in [2.75, 3.05) is 40.0 Å². The smallest absolute Gasteiger partial charge is 0.358 e. The van der Waals surface area contributed by atoms with Crippen molar-refractivity contribution in [2.24, 2.45) is 0 Å². The molecule has 1 aromatic carbocycles. The number of nitrogens with zero attached hydrogens (tertiary/aromatic N) is 3. The van der Waals surface area contributed by atoms with E-state index in [1.54, 1.807) is 6.20 Å². The van der Waals surface area contributed by atoms with Gasteiger partial charge < -0.3 is 18.8 Å². The van der Waals surface area contributed by atoms with Crippen molar-refractivity contribution >= 4 is 21.9 Å². The number of ether oxygens (including phenoxy) is 3. The minimum Gasteiger partial charge on any atom is -0.486 e. The van der Waals surface area contributed by atoms with Crippen LogP contribution in [-0.4, -0.2) is 66.5 Å². The highest BCUT2D eigenvalue weighted by Gasteiger charge is 2.27. The van der Waals surface area contributed by atoms with Crippen LogP contribution in [0.2, 0.25) is 0 Å². The van der Waals surface area contributed by atoms with Crippen LogP contribution in [0, 0.1) is 0 Å². The Bertz CT molecular complexity index is 817. The Morgan fingerprint density at radius 1 is 1.38 bits per heavy atom. The van der Waals surface area contributed by atoms with Gasteiger partial charge in [-0.2, -0.15) is 0 Å². The van der Waals surface area contributed by atoms with E-state index in [1.165, 1.54) is 7.11 Å². The molecule has 3 heterocycles. The highest BCUT2D eigenvalue weighted by Crippen LogP contribution is 2.35. The van der Waals surface area contributed by atoms with Gasteiger partial charge in [0.25, 0.3) is 0 Å². The molecule has 8 heteroatoms. The average molecular weight is 422 g/mol. The minimum absolute atomic E-state index is 0.0472. The number of carbonyl (C=O) groups is 1. The second kappa shape index (κ2) is 7.38. The first-order chi connectivity index (χ1) is 12.6. The molecule has 2 aliphatic heterocycles. The average Bonchev–Trinajstić information content (AvgIpc) is 3.01. The van der Waals surface area contributed by atoms with Crippen LogP contribution in [0.25, 0.3) is 11.4 Å². The number of halogens is 1. The van der Waals surface area contributed by atoms with Crippen LogP contribution in [0.4, 0.5) is 0 Å². The van der Waals surface area contributed by atoms with Crippen molar-refractivity contribution in [1.82, 2.24) is 14.5 Å². The normalized spacial score (nSPS) is 19.8. The molecule has 0 amide bonds. The fourth-order valence-corrected chi connectivity index (χ4v) is 3.72. The summed E-state index contributed by atoms with van der Waals surface area (Å²) in [4.78, 5) is 18.8. The molecular formula is C18H20BrN3O4. The molecule has 0 bridgehead atoms. The lowest BCUT2D eigenvalue weighted by Crippen LogP contribution is -2.43. The number of carbonyl (C=O) groups excluding carboxylic acids is 1. The zero-order valence-electron chi connectivity index (χ0n) is 14.5. The monoisotopic (exact) mass is 421 g/mol. The van der Waals surface area contributed by atoms with Crippen LogP contribution in [0.3, 0.4) is 0 Å². The topological polar surface area (TPSA) is 65.8 Å². The molecule has 7 nitrogen and oxygen atoms in total. The second-order valence-electron chi connectivity index (χ2n) is 6.39. The first kappa shape index (κ1) is 17.5. The van der Waals surface area contributed by atoms with E-state index in [-0.39, 0.29) is 6.10 Å². The molecule has 4 rings (SSSR count). The molecule has 0 spiro atoms. The summed E-state index contributed by atoms with van der Waals surface area (Å²) in [5, 5.41) is 0. The first-order valence-electron chi connectivity index (χ1n) is 8.56. The van der Waals surface area contributed by atoms with E-state index in [9.17, 15) is 4.79 Å². The number of hydrogen-bond donors (Lipinski definition) is 0. The molecule has 1 unspecified atom stereocenters. The summed E-state index contributed by atoms with van der Waals surface area (Å²) in [5.74, 6) is 1.05. The summed E-state index contributed by atoms with van der Waals surface area (Å²) in [6.45, 7) is 4.71. The molecule has 0 N–H and O–H groups in total. The molecule has 0 saturated carbocycles. The van der Waals surface area contributed by atoms with E-state index in [2.05, 4.69) is 25.8 Å². The number of rotatable bonds is 3. The van der Waals surface area contributed by atoms with Gasteiger partial charge in [-0.05, 0) is 18.2 Å². The molecule has 2 aromatic rings. The Labute approximate surface area is 160 Å². The maximum atomic E-state index is 11.9. The van der Waals surface area contributed by atoms with E-state index in [4.69, 9.17) is 14.2 Å². The molecule has 2 aliphatic rings. The van der Waals surface area contributed by atoms with Gasteiger partial charge in [0.2, 0.25) is 0 Å². The lowest BCUT2D eigenvalue weighted by molar-refractivity contribution is 0.0172. The van der Waals surface area contributed by atoms with Crippen LogP contribution in [-0.2, 0) is 16.0 Å². The molecule has 1 aromatic heterocycles. The van der Waals surface area contributed by atoms with Crippen molar-refractivity contribution in [3.63, 3.8) is 0 Å². The Balaban J connectivity index is 1.69. The molecular weight excluding hydrogens is 402 g/mol. The Morgan fingerprint density at radius 3 is 2.96 bits per heavy atom. The van der Waals surface area contributed by atoms with Gasteiger partial charge in [0.1, 0.15) is 17.7 Å². The molecule has 1 saturated heterocycles. The van der Waals surface area contributed by atoms with Crippen molar-refractivity contribution in [3.05, 3.63) is 34.6 Å². The lowest BCUT2D eigenvalue weighted by Gasteiger charge is -2.30. The van der Waals surface area contributed by atoms with Crippen LogP contribution >= 0.6 is 15.9 Å². The van der Waals surface area contributed by atoms with E-state index < -0.39 is 5.97 Å². The molecule has 0 radical (unpaired) electrons. The van der Waals surface area contributed by atoms with E-state index >= 15 is 0 Å². The Kier molecular flexibility index (Phi) is 4.97. The number of aromatic nitrogens is 2. The molecule has 138 valence electrons. The van der Waals surface area contributed by atoms with Gasteiger partial charge in [0, 0.05) is 30.3 Å². The fourth-order valence-electron chi connectivity index (χ4n) is 3.36. The fraction of sp³-hybridized carbons (Fsp3) is 0.444. The maximum Gasteiger partial charge on any atom is 0.358 e. The predicted molar refractivity (Wildman–Crippen MR) is 98.4 cm³/mol. The van der Waals surface area contributed by atoms with Crippen LogP contribution in [0.15, 0.2) is 28.9 Å². The van der Waals surface area contributed by atoms with Crippen molar-refractivity contribution in [1.29, 1.82) is 0 Å². The second-order valence-corrected chi connectivity index (χ2v) is 7.30. The SMILES string of the molecule is COC(=O)c1cn2c(n1)-c1cc(Br)ccc1OC(CN1CCOCC1)C2. The van der Waals surface area contributed by atoms with Gasteiger partial charge in [-0.3, -0.25) is 4.90 Å². The summed E-state index contributed by atoms with van der Waals surface area (Å²) in [5.41, 5.74) is 1.17. The standard InChI is InChI=1S/C18H20BrN3O4/c1-24-18(23)15-11-22-10-13(9-21-4-6-25-7-5-21)26-16-3-2-12(19)8-14(16)17(22)20-15/h2-3,8,11,13H,4-7,9-10H2,1H3. The van der Waals surface area contributed by atoms with Gasteiger partial charge in [0.15, 0.2) is 5.69 Å². The highest BCUT2D eigenvalue weighted by atomic mass is 79.9. The third-order valence-corrected chi connectivity index (χ3v) is 5.11. The van der Waals surface area contributed by atoms with Crippen LogP contribution in [0.1, 0.15) is 10.5 Å². The number of morpholine rings is 1. The summed E-state index contributed by atoms with van der Waals surface area (Å²) >= 11 is 3.51. The third kappa shape index (κ3) is 3.49. The van der Waals surface area contributed by atoms with Crippen LogP contribution in [0.5, 0.6) is 5.75 Å². The number of methoxy groups -OCH3 is 1. The van der Waals surface area contributed by atoms with Crippen molar-refractivity contribution < 1.29 is 19.0 Å². The molecule has 1 atom stereocenters. The van der Waals surface area contributed by atoms with Crippen LogP contribution < -0.4 is 4.74 Å². The number of hydrogen-bond acceptors (Lipinski definition) is 6. The van der Waals surface area contributed by atoms with Crippen molar-refractivity contribution in [3.8, 4) is 17.1 Å². The summed E-state index contributed by atoms with van der Waals surface area (Å²) in [7, 11) is 1.36. The number of esters is 1. The largest absolute Gasteiger partial charge is 0.486 e. The molecule has 26 heavy (non-hydrogen) atoms. The van der Waals surface area contributed by atoms with Gasteiger partial charge in [-0.15, -0.1) is 0 Å². The minimum atomic E-state index is -0.437. The summed E-state index contributed by atoms with van der Waals surface area (Å²) < 4.78 is 19.5. The predicted octanol–water partition coefficient (Wildman–Crippen LogP) is 2.19. The van der Waals surface area contributed by atoms with Gasteiger partial charge in [-0.25, -0.2) is 9.78 Å².